The van der Waals surface area contributed by atoms with Crippen molar-refractivity contribution in [3.05, 3.63) is 85.3 Å². The Balaban J connectivity index is 1.58. The molecule has 0 amide bonds. The van der Waals surface area contributed by atoms with Crippen LogP contribution < -0.4 is 9.47 Å². The van der Waals surface area contributed by atoms with E-state index in [1.807, 2.05) is 60.7 Å². The van der Waals surface area contributed by atoms with Gasteiger partial charge in [0, 0.05) is 12.8 Å². The van der Waals surface area contributed by atoms with E-state index in [9.17, 15) is 0 Å². The first kappa shape index (κ1) is 16.7. The Bertz CT molecular complexity index is 550. The molecule has 0 heterocycles. The van der Waals surface area contributed by atoms with Crippen LogP contribution in [0, 0.1) is 0 Å². The molecule has 2 rings (SSSR count). The average Bonchev–Trinajstić information content (AvgIpc) is 2.57. The van der Waals surface area contributed by atoms with E-state index in [-0.39, 0.29) is 0 Å². The maximum atomic E-state index is 5.60. The molecule has 0 N–H and O–H groups in total. The first-order valence-corrected chi connectivity index (χ1v) is 7.63. The standard InChI is InChI=1S/C20H22O3/c1-17(13-15-21-19-9-5-3-6-10-19)23-18(2)14-16-22-20-11-7-4-8-12-20/h3-12H,1-2,13-16H2. The van der Waals surface area contributed by atoms with Gasteiger partial charge in [0.2, 0.25) is 0 Å². The maximum absolute atomic E-state index is 5.60. The highest BCUT2D eigenvalue weighted by molar-refractivity contribution is 5.21. The number of ether oxygens (including phenoxy) is 3. The Labute approximate surface area is 137 Å². The molecule has 3 nitrogen and oxygen atoms in total. The van der Waals surface area contributed by atoms with Crippen molar-refractivity contribution in [3.8, 4) is 11.5 Å². The van der Waals surface area contributed by atoms with Crippen LogP contribution in [0.5, 0.6) is 11.5 Å². The van der Waals surface area contributed by atoms with Gasteiger partial charge in [-0.15, -0.1) is 0 Å². The Morgan fingerprint density at radius 1 is 0.652 bits per heavy atom. The average molecular weight is 310 g/mol. The van der Waals surface area contributed by atoms with E-state index in [4.69, 9.17) is 14.2 Å². The molecule has 3 heteroatoms. The fourth-order valence-electron chi connectivity index (χ4n) is 1.91. The van der Waals surface area contributed by atoms with Gasteiger partial charge in [-0.25, -0.2) is 0 Å². The second kappa shape index (κ2) is 9.36. The van der Waals surface area contributed by atoms with E-state index in [0.29, 0.717) is 37.6 Å². The number of hydrogen-bond acceptors (Lipinski definition) is 3. The van der Waals surface area contributed by atoms with E-state index < -0.39 is 0 Å². The fraction of sp³-hybridized carbons (Fsp3) is 0.200. The van der Waals surface area contributed by atoms with E-state index in [1.54, 1.807) is 0 Å². The molecule has 0 radical (unpaired) electrons. The van der Waals surface area contributed by atoms with Gasteiger partial charge in [-0.3, -0.25) is 0 Å². The van der Waals surface area contributed by atoms with Crippen LogP contribution in [-0.4, -0.2) is 13.2 Å². The third-order valence-corrected chi connectivity index (χ3v) is 3.07. The molecular formula is C20H22O3. The molecule has 0 aliphatic carbocycles. The van der Waals surface area contributed by atoms with Crippen molar-refractivity contribution in [3.63, 3.8) is 0 Å². The fourth-order valence-corrected chi connectivity index (χ4v) is 1.91. The van der Waals surface area contributed by atoms with Gasteiger partial charge in [-0.1, -0.05) is 49.6 Å². The largest absolute Gasteiger partial charge is 0.493 e. The molecule has 0 saturated heterocycles. The molecule has 0 saturated carbocycles. The van der Waals surface area contributed by atoms with Crippen molar-refractivity contribution in [2.75, 3.05) is 13.2 Å². The summed E-state index contributed by atoms with van der Waals surface area (Å²) < 4.78 is 16.8. The second-order valence-electron chi connectivity index (χ2n) is 5.00. The summed E-state index contributed by atoms with van der Waals surface area (Å²) in [6.45, 7) is 8.83. The van der Waals surface area contributed by atoms with Crippen molar-refractivity contribution in [1.82, 2.24) is 0 Å². The summed E-state index contributed by atoms with van der Waals surface area (Å²) in [5.41, 5.74) is 0. The van der Waals surface area contributed by atoms with Gasteiger partial charge in [0.05, 0.1) is 24.7 Å². The third kappa shape index (κ3) is 6.74. The third-order valence-electron chi connectivity index (χ3n) is 3.07. The molecule has 0 aliphatic rings. The van der Waals surface area contributed by atoms with E-state index in [0.717, 1.165) is 11.5 Å². The number of hydrogen-bond donors (Lipinski definition) is 0. The van der Waals surface area contributed by atoms with Crippen LogP contribution in [0.2, 0.25) is 0 Å². The minimum atomic E-state index is 0.524. The molecule has 0 atom stereocenters. The zero-order valence-electron chi connectivity index (χ0n) is 13.2. The van der Waals surface area contributed by atoms with Crippen molar-refractivity contribution >= 4 is 0 Å². The highest BCUT2D eigenvalue weighted by Crippen LogP contribution is 2.14. The highest BCUT2D eigenvalue weighted by atomic mass is 16.5. The zero-order chi connectivity index (χ0) is 16.3. The molecule has 0 aliphatic heterocycles. The first-order chi connectivity index (χ1) is 11.2. The zero-order valence-corrected chi connectivity index (χ0v) is 13.2. The molecule has 0 aromatic heterocycles. The van der Waals surface area contributed by atoms with Gasteiger partial charge >= 0.3 is 0 Å². The van der Waals surface area contributed by atoms with Crippen molar-refractivity contribution < 1.29 is 14.2 Å². The summed E-state index contributed by atoms with van der Waals surface area (Å²) in [6, 6.07) is 19.3. The lowest BCUT2D eigenvalue weighted by Gasteiger charge is -2.12. The number of rotatable bonds is 10. The van der Waals surface area contributed by atoms with E-state index >= 15 is 0 Å². The van der Waals surface area contributed by atoms with Crippen LogP contribution in [0.3, 0.4) is 0 Å². The lowest BCUT2D eigenvalue weighted by Crippen LogP contribution is -2.03. The van der Waals surface area contributed by atoms with Gasteiger partial charge in [0.15, 0.2) is 0 Å². The quantitative estimate of drug-likeness (QED) is 0.580. The van der Waals surface area contributed by atoms with E-state index in [1.165, 1.54) is 0 Å². The molecule has 120 valence electrons. The predicted molar refractivity (Wildman–Crippen MR) is 92.5 cm³/mol. The molecular weight excluding hydrogens is 288 g/mol. The lowest BCUT2D eigenvalue weighted by molar-refractivity contribution is 0.227. The highest BCUT2D eigenvalue weighted by Gasteiger charge is 2.02. The van der Waals surface area contributed by atoms with Crippen LogP contribution in [0.4, 0.5) is 0 Å². The summed E-state index contributed by atoms with van der Waals surface area (Å²) >= 11 is 0. The summed E-state index contributed by atoms with van der Waals surface area (Å²) in [5, 5.41) is 0. The first-order valence-electron chi connectivity index (χ1n) is 7.63. The van der Waals surface area contributed by atoms with Gasteiger partial charge in [-0.2, -0.15) is 0 Å². The molecule has 0 unspecified atom stereocenters. The van der Waals surface area contributed by atoms with Gasteiger partial charge in [0.25, 0.3) is 0 Å². The smallest absolute Gasteiger partial charge is 0.119 e. The van der Waals surface area contributed by atoms with Gasteiger partial charge in [0.1, 0.15) is 11.5 Å². The maximum Gasteiger partial charge on any atom is 0.119 e. The monoisotopic (exact) mass is 310 g/mol. The van der Waals surface area contributed by atoms with Crippen LogP contribution in [-0.2, 0) is 4.74 Å². The summed E-state index contributed by atoms with van der Waals surface area (Å²) in [6.07, 6.45) is 1.24. The summed E-state index contributed by atoms with van der Waals surface area (Å²) in [5.74, 6) is 2.97. The molecule has 0 bridgehead atoms. The Kier molecular flexibility index (Phi) is 6.79. The Morgan fingerprint density at radius 3 is 1.43 bits per heavy atom. The van der Waals surface area contributed by atoms with Crippen LogP contribution in [0.1, 0.15) is 12.8 Å². The van der Waals surface area contributed by atoms with E-state index in [2.05, 4.69) is 13.2 Å². The number of para-hydroxylation sites is 2. The van der Waals surface area contributed by atoms with Gasteiger partial charge in [-0.05, 0) is 24.3 Å². The molecule has 23 heavy (non-hydrogen) atoms. The van der Waals surface area contributed by atoms with Crippen LogP contribution in [0.15, 0.2) is 85.3 Å². The number of benzene rings is 2. The molecule has 0 spiro atoms. The summed E-state index contributed by atoms with van der Waals surface area (Å²) in [7, 11) is 0. The van der Waals surface area contributed by atoms with Crippen LogP contribution >= 0.6 is 0 Å². The minimum absolute atomic E-state index is 0.524. The summed E-state index contributed by atoms with van der Waals surface area (Å²) in [4.78, 5) is 0. The lowest BCUT2D eigenvalue weighted by atomic mass is 10.3. The van der Waals surface area contributed by atoms with Crippen LogP contribution in [0.25, 0.3) is 0 Å². The molecule has 2 aromatic carbocycles. The van der Waals surface area contributed by atoms with Crippen molar-refractivity contribution in [1.29, 1.82) is 0 Å². The van der Waals surface area contributed by atoms with Gasteiger partial charge < -0.3 is 14.2 Å². The second-order valence-corrected chi connectivity index (χ2v) is 5.00. The Hall–Kier alpha value is -2.68. The topological polar surface area (TPSA) is 27.7 Å². The molecule has 2 aromatic rings. The molecule has 0 fully saturated rings. The van der Waals surface area contributed by atoms with Crippen molar-refractivity contribution in [2.45, 2.75) is 12.8 Å². The predicted octanol–water partition coefficient (Wildman–Crippen LogP) is 4.97. The normalized spacial score (nSPS) is 9.91. The van der Waals surface area contributed by atoms with Crippen molar-refractivity contribution in [2.24, 2.45) is 0 Å². The Morgan fingerprint density at radius 2 is 1.04 bits per heavy atom. The SMILES string of the molecule is C=C(CCOc1ccccc1)OC(=C)CCOc1ccccc1. The minimum Gasteiger partial charge on any atom is -0.493 e.